The molecule has 0 fully saturated rings. The largest absolute Gasteiger partial charge is 0.472 e. The zero-order chi connectivity index (χ0) is 40.6. The quantitative estimate of drug-likeness (QED) is 0.0216. The maximum Gasteiger partial charge on any atom is 0.472 e. The Morgan fingerprint density at radius 2 is 0.945 bits per heavy atom. The Kier molecular flexibility index (Phi) is 39.5. The molecule has 0 aromatic carbocycles. The first-order chi connectivity index (χ1) is 26.6. The first-order valence-corrected chi connectivity index (χ1v) is 24.9. The third kappa shape index (κ3) is 44.2. The number of hydrogen-bond donors (Lipinski definition) is 1. The van der Waals surface area contributed by atoms with Gasteiger partial charge in [-0.1, -0.05) is 187 Å². The molecule has 0 radical (unpaired) electrons. The number of hydrogen-bond acceptors (Lipinski definition) is 6. The summed E-state index contributed by atoms with van der Waals surface area (Å²) in [6, 6.07) is 0. The Hall–Kier alpha value is -0.760. The van der Waals surface area contributed by atoms with E-state index in [1.54, 1.807) is 0 Å². The molecule has 1 N–H and O–H groups in total. The topological polar surface area (TPSA) is 91.3 Å². The molecule has 9 heteroatoms. The van der Waals surface area contributed by atoms with E-state index in [1.165, 1.54) is 167 Å². The van der Waals surface area contributed by atoms with Gasteiger partial charge in [-0.2, -0.15) is 0 Å². The molecule has 0 aromatic rings. The Balaban J connectivity index is 4.15. The second kappa shape index (κ2) is 40.0. The summed E-state index contributed by atoms with van der Waals surface area (Å²) in [5, 5.41) is 0. The summed E-state index contributed by atoms with van der Waals surface area (Å²) in [7, 11) is 1.68. The lowest BCUT2D eigenvalue weighted by Gasteiger charge is -2.24. The lowest BCUT2D eigenvalue weighted by atomic mass is 10.0. The smallest absolute Gasteiger partial charge is 0.457 e. The van der Waals surface area contributed by atoms with E-state index in [2.05, 4.69) is 26.0 Å². The van der Waals surface area contributed by atoms with Crippen molar-refractivity contribution in [1.82, 2.24) is 0 Å². The number of likely N-dealkylation sites (N-methyl/N-ethyl adjacent to an activating group) is 1. The molecule has 0 aliphatic rings. The molecule has 8 nitrogen and oxygen atoms in total. The zero-order valence-electron chi connectivity index (χ0n) is 37.2. The van der Waals surface area contributed by atoms with E-state index in [-0.39, 0.29) is 25.8 Å². The van der Waals surface area contributed by atoms with Gasteiger partial charge in [0.1, 0.15) is 19.3 Å². The molecule has 0 spiro atoms. The van der Waals surface area contributed by atoms with E-state index in [4.69, 9.17) is 18.5 Å². The summed E-state index contributed by atoms with van der Waals surface area (Å²) >= 11 is 0. The standard InChI is InChI=1S/C46H92NO7P/c1-6-8-10-12-14-16-18-20-22-23-24-25-26-27-29-31-33-35-37-39-46(48)54-45(44-53-55(49,50)52-42-40-47(3,4)5)43-51-41-38-36-34-32-30-28-21-19-17-15-13-11-9-7-2/h17,19,45H,6-16,18,20-44H2,1-5H3/p+1/b19-17-/t45-/m1/s1. The van der Waals surface area contributed by atoms with E-state index < -0.39 is 13.9 Å². The molecule has 55 heavy (non-hydrogen) atoms. The second-order valence-electron chi connectivity index (χ2n) is 17.1. The summed E-state index contributed by atoms with van der Waals surface area (Å²) in [5.41, 5.74) is 0. The number of phosphoric acid groups is 1. The molecule has 328 valence electrons. The fourth-order valence-corrected chi connectivity index (χ4v) is 7.41. The third-order valence-corrected chi connectivity index (χ3v) is 11.3. The molecule has 0 aliphatic heterocycles. The van der Waals surface area contributed by atoms with Crippen LogP contribution in [0.15, 0.2) is 12.2 Å². The lowest BCUT2D eigenvalue weighted by molar-refractivity contribution is -0.870. The highest BCUT2D eigenvalue weighted by Gasteiger charge is 2.26. The molecular weight excluding hydrogens is 709 g/mol. The van der Waals surface area contributed by atoms with Crippen molar-refractivity contribution >= 4 is 13.8 Å². The van der Waals surface area contributed by atoms with Crippen molar-refractivity contribution in [3.8, 4) is 0 Å². The molecular formula is C46H93NO7P+. The minimum Gasteiger partial charge on any atom is -0.457 e. The van der Waals surface area contributed by atoms with Crippen molar-refractivity contribution < 1.29 is 37.3 Å². The second-order valence-corrected chi connectivity index (χ2v) is 18.6. The number of esters is 1. The van der Waals surface area contributed by atoms with Crippen molar-refractivity contribution in [3.63, 3.8) is 0 Å². The molecule has 0 saturated heterocycles. The number of nitrogens with zero attached hydrogens (tertiary/aromatic N) is 1. The molecule has 0 aromatic heterocycles. The maximum atomic E-state index is 12.7. The number of quaternary nitrogens is 1. The number of allylic oxidation sites excluding steroid dienone is 2. The van der Waals surface area contributed by atoms with Crippen LogP contribution in [0.2, 0.25) is 0 Å². The van der Waals surface area contributed by atoms with Crippen LogP contribution >= 0.6 is 7.82 Å². The maximum absolute atomic E-state index is 12.7. The third-order valence-electron chi connectivity index (χ3n) is 10.3. The van der Waals surface area contributed by atoms with Crippen molar-refractivity contribution in [2.75, 3.05) is 54.1 Å². The van der Waals surface area contributed by atoms with Gasteiger partial charge in [0, 0.05) is 13.0 Å². The highest BCUT2D eigenvalue weighted by atomic mass is 31.2. The van der Waals surface area contributed by atoms with Crippen LogP contribution in [-0.2, 0) is 27.9 Å². The number of ether oxygens (including phenoxy) is 2. The number of carbonyl (C=O) groups excluding carboxylic acids is 1. The first kappa shape index (κ1) is 54.2. The molecule has 2 atom stereocenters. The van der Waals surface area contributed by atoms with Gasteiger partial charge in [-0.3, -0.25) is 13.8 Å². The predicted molar refractivity (Wildman–Crippen MR) is 234 cm³/mol. The molecule has 0 aliphatic carbocycles. The van der Waals surface area contributed by atoms with Gasteiger partial charge in [0.2, 0.25) is 0 Å². The number of carbonyl (C=O) groups is 1. The van der Waals surface area contributed by atoms with Crippen LogP contribution in [0.1, 0.15) is 219 Å². The summed E-state index contributed by atoms with van der Waals surface area (Å²) in [6.45, 7) is 5.64. The van der Waals surface area contributed by atoms with Crippen molar-refractivity contribution in [1.29, 1.82) is 0 Å². The van der Waals surface area contributed by atoms with Gasteiger partial charge in [-0.05, 0) is 38.5 Å². The Labute approximate surface area is 341 Å². The summed E-state index contributed by atoms with van der Waals surface area (Å²) < 4.78 is 35.0. The number of phosphoric ester groups is 1. The summed E-state index contributed by atoms with van der Waals surface area (Å²) in [6.07, 6.45) is 43.8. The van der Waals surface area contributed by atoms with Crippen LogP contribution in [0.4, 0.5) is 0 Å². The van der Waals surface area contributed by atoms with Crippen LogP contribution in [-0.4, -0.2) is 75.6 Å². The Bertz CT molecular complexity index is 894. The van der Waals surface area contributed by atoms with Crippen molar-refractivity contribution in [3.05, 3.63) is 12.2 Å². The number of unbranched alkanes of at least 4 members (excludes halogenated alkanes) is 28. The van der Waals surface area contributed by atoms with E-state index >= 15 is 0 Å². The lowest BCUT2D eigenvalue weighted by Crippen LogP contribution is -2.37. The normalized spacial score (nSPS) is 13.8. The van der Waals surface area contributed by atoms with Gasteiger partial charge in [0.05, 0.1) is 34.4 Å². The molecule has 0 amide bonds. The van der Waals surface area contributed by atoms with Crippen LogP contribution < -0.4 is 0 Å². The summed E-state index contributed by atoms with van der Waals surface area (Å²) in [5.74, 6) is -0.311. The van der Waals surface area contributed by atoms with Gasteiger partial charge in [-0.25, -0.2) is 4.57 Å². The fourth-order valence-electron chi connectivity index (χ4n) is 6.67. The molecule has 0 bridgehead atoms. The van der Waals surface area contributed by atoms with Crippen LogP contribution in [0, 0.1) is 0 Å². The van der Waals surface area contributed by atoms with Gasteiger partial charge in [-0.15, -0.1) is 0 Å². The molecule has 1 unspecified atom stereocenters. The molecule has 0 rings (SSSR count). The predicted octanol–water partition coefficient (Wildman–Crippen LogP) is 13.8. The average Bonchev–Trinajstić information content (AvgIpc) is 3.13. The van der Waals surface area contributed by atoms with Gasteiger partial charge in [0.25, 0.3) is 0 Å². The van der Waals surface area contributed by atoms with E-state index in [0.29, 0.717) is 24.1 Å². The van der Waals surface area contributed by atoms with E-state index in [0.717, 1.165) is 32.1 Å². The highest BCUT2D eigenvalue weighted by Crippen LogP contribution is 2.43. The monoisotopic (exact) mass is 803 g/mol. The van der Waals surface area contributed by atoms with Gasteiger partial charge < -0.3 is 18.9 Å². The Morgan fingerprint density at radius 3 is 1.40 bits per heavy atom. The SMILES string of the molecule is CCCCCC/C=C\CCCCCCCCOC[C@H](COP(=O)(O)OCC[N+](C)(C)C)OC(=O)CCCCCCCCCCCCCCCCCCCCC. The number of rotatable bonds is 44. The molecule has 0 saturated carbocycles. The van der Waals surface area contributed by atoms with Gasteiger partial charge in [0.15, 0.2) is 0 Å². The average molecular weight is 803 g/mol. The summed E-state index contributed by atoms with van der Waals surface area (Å²) in [4.78, 5) is 22.9. The van der Waals surface area contributed by atoms with E-state index in [1.807, 2.05) is 21.1 Å². The van der Waals surface area contributed by atoms with Crippen LogP contribution in [0.5, 0.6) is 0 Å². The first-order valence-electron chi connectivity index (χ1n) is 23.4. The van der Waals surface area contributed by atoms with Crippen LogP contribution in [0.3, 0.4) is 0 Å². The fraction of sp³-hybridized carbons (Fsp3) is 0.935. The van der Waals surface area contributed by atoms with Crippen LogP contribution in [0.25, 0.3) is 0 Å². The molecule has 0 heterocycles. The van der Waals surface area contributed by atoms with Crippen molar-refractivity contribution in [2.24, 2.45) is 0 Å². The van der Waals surface area contributed by atoms with Gasteiger partial charge >= 0.3 is 13.8 Å². The van der Waals surface area contributed by atoms with Crippen molar-refractivity contribution in [2.45, 2.75) is 225 Å². The minimum atomic E-state index is -4.27. The minimum absolute atomic E-state index is 0.0907. The van der Waals surface area contributed by atoms with E-state index in [9.17, 15) is 14.3 Å². The highest BCUT2D eigenvalue weighted by molar-refractivity contribution is 7.47. The zero-order valence-corrected chi connectivity index (χ0v) is 38.1. The Morgan fingerprint density at radius 1 is 0.545 bits per heavy atom.